The molecule has 0 aliphatic carbocycles. The first kappa shape index (κ1) is 19.1. The van der Waals surface area contributed by atoms with Gasteiger partial charge >= 0.3 is 5.97 Å². The van der Waals surface area contributed by atoms with Crippen molar-refractivity contribution in [1.82, 2.24) is 5.32 Å². The maximum absolute atomic E-state index is 11.1. The van der Waals surface area contributed by atoms with E-state index in [1.54, 1.807) is 24.3 Å². The summed E-state index contributed by atoms with van der Waals surface area (Å²) in [5.74, 6) is 0.315. The first-order valence-corrected chi connectivity index (χ1v) is 8.35. The highest BCUT2D eigenvalue weighted by atomic mass is 35.5. The fourth-order valence-corrected chi connectivity index (χ4v) is 2.14. The lowest BCUT2D eigenvalue weighted by atomic mass is 10.1. The van der Waals surface area contributed by atoms with Crippen LogP contribution >= 0.6 is 11.6 Å². The second-order valence-electron chi connectivity index (χ2n) is 6.04. The number of hydrogen-bond donors (Lipinski definition) is 2. The van der Waals surface area contributed by atoms with E-state index in [2.05, 4.69) is 5.32 Å². The Hall–Kier alpha value is -2.24. The van der Waals surface area contributed by atoms with E-state index in [0.29, 0.717) is 30.5 Å². The van der Waals surface area contributed by atoms with Crippen LogP contribution in [0.15, 0.2) is 48.5 Å². The van der Waals surface area contributed by atoms with Crippen LogP contribution in [-0.4, -0.2) is 29.8 Å². The van der Waals surface area contributed by atoms with Gasteiger partial charge in [0.2, 0.25) is 0 Å². The van der Waals surface area contributed by atoms with Gasteiger partial charge in [-0.15, -0.1) is 0 Å². The molecule has 6 heteroatoms. The summed E-state index contributed by atoms with van der Waals surface area (Å²) < 4.78 is 11.1. The standard InChI is InChI=1S/C19H22ClNO4/c1-19(2,18(22)23)25-17-7-3-14(4-8-17)13-21-11-12-24-16-9-5-15(20)6-10-16/h3-10,21H,11-13H2,1-2H3,(H,22,23). The zero-order valence-electron chi connectivity index (χ0n) is 14.3. The maximum Gasteiger partial charge on any atom is 0.347 e. The van der Waals surface area contributed by atoms with Crippen LogP contribution in [-0.2, 0) is 11.3 Å². The predicted molar refractivity (Wildman–Crippen MR) is 97.4 cm³/mol. The van der Waals surface area contributed by atoms with E-state index < -0.39 is 11.6 Å². The molecule has 0 atom stereocenters. The number of nitrogens with one attached hydrogen (secondary N) is 1. The molecule has 134 valence electrons. The van der Waals surface area contributed by atoms with Gasteiger partial charge in [-0.05, 0) is 55.8 Å². The minimum atomic E-state index is -1.25. The minimum absolute atomic E-state index is 0.530. The molecule has 0 bridgehead atoms. The van der Waals surface area contributed by atoms with Crippen LogP contribution in [0.25, 0.3) is 0 Å². The average Bonchev–Trinajstić information content (AvgIpc) is 2.57. The third-order valence-electron chi connectivity index (χ3n) is 3.50. The van der Waals surface area contributed by atoms with E-state index >= 15 is 0 Å². The fraction of sp³-hybridized carbons (Fsp3) is 0.316. The Kier molecular flexibility index (Phi) is 6.67. The topological polar surface area (TPSA) is 67.8 Å². The summed E-state index contributed by atoms with van der Waals surface area (Å²) in [5.41, 5.74) is -0.175. The Morgan fingerprint density at radius 1 is 1.08 bits per heavy atom. The summed E-state index contributed by atoms with van der Waals surface area (Å²) in [4.78, 5) is 11.1. The van der Waals surface area contributed by atoms with Gasteiger partial charge in [-0.1, -0.05) is 23.7 Å². The van der Waals surface area contributed by atoms with Crippen molar-refractivity contribution >= 4 is 17.6 Å². The van der Waals surface area contributed by atoms with Gasteiger partial charge in [-0.25, -0.2) is 4.79 Å². The first-order valence-electron chi connectivity index (χ1n) is 7.97. The number of carboxylic acids is 1. The maximum atomic E-state index is 11.1. The summed E-state index contributed by atoms with van der Waals surface area (Å²) in [6.45, 7) is 4.98. The lowest BCUT2D eigenvalue weighted by Gasteiger charge is -2.21. The van der Waals surface area contributed by atoms with Gasteiger partial charge < -0.3 is 19.9 Å². The second-order valence-corrected chi connectivity index (χ2v) is 6.48. The summed E-state index contributed by atoms with van der Waals surface area (Å²) in [6.07, 6.45) is 0. The lowest BCUT2D eigenvalue weighted by molar-refractivity contribution is -0.152. The van der Waals surface area contributed by atoms with Crippen molar-refractivity contribution in [3.05, 3.63) is 59.1 Å². The third kappa shape index (κ3) is 6.29. The van der Waals surface area contributed by atoms with Crippen molar-refractivity contribution in [3.63, 3.8) is 0 Å². The molecule has 0 spiro atoms. The molecule has 2 N–H and O–H groups in total. The fourth-order valence-electron chi connectivity index (χ4n) is 2.02. The molecule has 25 heavy (non-hydrogen) atoms. The van der Waals surface area contributed by atoms with E-state index in [9.17, 15) is 4.79 Å². The van der Waals surface area contributed by atoms with E-state index in [1.807, 2.05) is 24.3 Å². The Balaban J connectivity index is 1.71. The number of halogens is 1. The van der Waals surface area contributed by atoms with Crippen molar-refractivity contribution in [2.45, 2.75) is 26.0 Å². The molecule has 0 fully saturated rings. The van der Waals surface area contributed by atoms with Gasteiger partial charge in [-0.2, -0.15) is 0 Å². The van der Waals surface area contributed by atoms with Gasteiger partial charge in [0.25, 0.3) is 0 Å². The number of ether oxygens (including phenoxy) is 2. The van der Waals surface area contributed by atoms with Crippen molar-refractivity contribution in [2.75, 3.05) is 13.2 Å². The van der Waals surface area contributed by atoms with Crippen molar-refractivity contribution in [1.29, 1.82) is 0 Å². The van der Waals surface area contributed by atoms with Crippen LogP contribution in [0.5, 0.6) is 11.5 Å². The van der Waals surface area contributed by atoms with Crippen LogP contribution in [0.2, 0.25) is 5.02 Å². The highest BCUT2D eigenvalue weighted by molar-refractivity contribution is 6.30. The number of hydrogen-bond acceptors (Lipinski definition) is 4. The second kappa shape index (κ2) is 8.74. The molecular formula is C19H22ClNO4. The Morgan fingerprint density at radius 3 is 2.28 bits per heavy atom. The molecule has 2 aromatic rings. The predicted octanol–water partition coefficient (Wildman–Crippen LogP) is 3.75. The molecule has 5 nitrogen and oxygen atoms in total. The molecule has 0 saturated carbocycles. The van der Waals surface area contributed by atoms with Gasteiger partial charge in [-0.3, -0.25) is 0 Å². The van der Waals surface area contributed by atoms with Gasteiger partial charge in [0.05, 0.1) is 0 Å². The van der Waals surface area contributed by atoms with Crippen molar-refractivity contribution in [3.8, 4) is 11.5 Å². The monoisotopic (exact) mass is 363 g/mol. The average molecular weight is 364 g/mol. The van der Waals surface area contributed by atoms with Gasteiger partial charge in [0.15, 0.2) is 5.60 Å². The number of aliphatic carboxylic acids is 1. The van der Waals surface area contributed by atoms with Crippen LogP contribution in [0.1, 0.15) is 19.4 Å². The summed E-state index contributed by atoms with van der Waals surface area (Å²) in [7, 11) is 0. The van der Waals surface area contributed by atoms with Gasteiger partial charge in [0, 0.05) is 18.1 Å². The highest BCUT2D eigenvalue weighted by Gasteiger charge is 2.29. The molecule has 0 saturated heterocycles. The molecule has 0 aromatic heterocycles. The Morgan fingerprint density at radius 2 is 1.68 bits per heavy atom. The van der Waals surface area contributed by atoms with Gasteiger partial charge in [0.1, 0.15) is 18.1 Å². The molecular weight excluding hydrogens is 342 g/mol. The molecule has 0 radical (unpaired) electrons. The molecule has 0 unspecified atom stereocenters. The van der Waals surface area contributed by atoms with Crippen molar-refractivity contribution in [2.24, 2.45) is 0 Å². The SMILES string of the molecule is CC(C)(Oc1ccc(CNCCOc2ccc(Cl)cc2)cc1)C(=O)O. The summed E-state index contributed by atoms with van der Waals surface area (Å²) in [6, 6.07) is 14.6. The number of rotatable bonds is 9. The summed E-state index contributed by atoms with van der Waals surface area (Å²) >= 11 is 5.82. The molecule has 2 rings (SSSR count). The number of carboxylic acid groups (broad SMARTS) is 1. The molecule has 0 amide bonds. The van der Waals surface area contributed by atoms with Crippen LogP contribution < -0.4 is 14.8 Å². The zero-order chi connectivity index (χ0) is 18.3. The lowest BCUT2D eigenvalue weighted by Crippen LogP contribution is -2.37. The largest absolute Gasteiger partial charge is 0.492 e. The van der Waals surface area contributed by atoms with E-state index in [-0.39, 0.29) is 0 Å². The Labute approximate surface area is 152 Å². The third-order valence-corrected chi connectivity index (χ3v) is 3.75. The van der Waals surface area contributed by atoms with Crippen LogP contribution in [0, 0.1) is 0 Å². The van der Waals surface area contributed by atoms with Crippen molar-refractivity contribution < 1.29 is 19.4 Å². The minimum Gasteiger partial charge on any atom is -0.492 e. The number of carbonyl (C=O) groups is 1. The normalized spacial score (nSPS) is 11.2. The first-order chi connectivity index (χ1) is 11.9. The molecule has 0 heterocycles. The smallest absolute Gasteiger partial charge is 0.347 e. The van der Waals surface area contributed by atoms with E-state index in [0.717, 1.165) is 11.3 Å². The van der Waals surface area contributed by atoms with E-state index in [1.165, 1.54) is 13.8 Å². The summed E-state index contributed by atoms with van der Waals surface area (Å²) in [5, 5.41) is 13.0. The highest BCUT2D eigenvalue weighted by Crippen LogP contribution is 2.19. The Bertz CT molecular complexity index is 684. The van der Waals surface area contributed by atoms with Crippen LogP contribution in [0.3, 0.4) is 0 Å². The zero-order valence-corrected chi connectivity index (χ0v) is 15.0. The molecule has 0 aliphatic heterocycles. The molecule has 0 aliphatic rings. The number of benzene rings is 2. The van der Waals surface area contributed by atoms with E-state index in [4.69, 9.17) is 26.2 Å². The molecule has 2 aromatic carbocycles. The van der Waals surface area contributed by atoms with Crippen LogP contribution in [0.4, 0.5) is 0 Å². The quantitative estimate of drug-likeness (QED) is 0.664.